The summed E-state index contributed by atoms with van der Waals surface area (Å²) in [5.41, 5.74) is 15.1. The summed E-state index contributed by atoms with van der Waals surface area (Å²) in [6.45, 7) is 2.25. The van der Waals surface area contributed by atoms with E-state index in [0.29, 0.717) is 0 Å². The molecular formula is C51H40N2. The van der Waals surface area contributed by atoms with Crippen LogP contribution in [0.2, 0.25) is 0 Å². The SMILES string of the molecule is CCc1cccc(C2(c3ccccc3)c3cc(N(c4ccccc4)c4ccccc4)ccc3-c3ccc(N(c4ccccc4)c4ccccc4)cc32)c1. The Kier molecular flexibility index (Phi) is 8.42. The van der Waals surface area contributed by atoms with Crippen molar-refractivity contribution in [2.45, 2.75) is 18.8 Å². The highest BCUT2D eigenvalue weighted by Gasteiger charge is 2.47. The first-order chi connectivity index (χ1) is 26.3. The van der Waals surface area contributed by atoms with E-state index < -0.39 is 5.41 Å². The maximum atomic E-state index is 2.45. The molecule has 1 aliphatic carbocycles. The number of benzene rings is 8. The van der Waals surface area contributed by atoms with Crippen molar-refractivity contribution in [3.8, 4) is 11.1 Å². The highest BCUT2D eigenvalue weighted by molar-refractivity contribution is 5.91. The summed E-state index contributed by atoms with van der Waals surface area (Å²) in [4.78, 5) is 4.75. The van der Waals surface area contributed by atoms with Crippen LogP contribution in [0.25, 0.3) is 11.1 Å². The molecule has 0 amide bonds. The molecule has 0 spiro atoms. The van der Waals surface area contributed by atoms with Gasteiger partial charge in [-0.2, -0.15) is 0 Å². The van der Waals surface area contributed by atoms with Crippen LogP contribution in [0.5, 0.6) is 0 Å². The van der Waals surface area contributed by atoms with Gasteiger partial charge in [0.05, 0.1) is 5.41 Å². The van der Waals surface area contributed by atoms with Gasteiger partial charge >= 0.3 is 0 Å². The monoisotopic (exact) mass is 680 g/mol. The number of para-hydroxylation sites is 4. The lowest BCUT2D eigenvalue weighted by Gasteiger charge is -2.36. The molecule has 53 heavy (non-hydrogen) atoms. The van der Waals surface area contributed by atoms with Gasteiger partial charge in [0.15, 0.2) is 0 Å². The Morgan fingerprint density at radius 2 is 0.717 bits per heavy atom. The van der Waals surface area contributed by atoms with E-state index >= 15 is 0 Å². The van der Waals surface area contributed by atoms with Crippen molar-refractivity contribution in [3.63, 3.8) is 0 Å². The molecule has 8 aromatic carbocycles. The maximum Gasteiger partial charge on any atom is 0.0715 e. The van der Waals surface area contributed by atoms with Gasteiger partial charge in [0.1, 0.15) is 0 Å². The van der Waals surface area contributed by atoms with Gasteiger partial charge in [-0.25, -0.2) is 0 Å². The van der Waals surface area contributed by atoms with Crippen LogP contribution in [0, 0.1) is 0 Å². The highest BCUT2D eigenvalue weighted by Crippen LogP contribution is 2.58. The minimum atomic E-state index is -0.582. The Balaban J connectivity index is 1.35. The second kappa shape index (κ2) is 13.8. The number of hydrogen-bond acceptors (Lipinski definition) is 2. The van der Waals surface area contributed by atoms with E-state index in [1.807, 2.05) is 0 Å². The van der Waals surface area contributed by atoms with Crippen molar-refractivity contribution in [2.24, 2.45) is 0 Å². The molecule has 9 rings (SSSR count). The normalized spacial score (nSPS) is 12.5. The molecule has 0 saturated carbocycles. The summed E-state index contributed by atoms with van der Waals surface area (Å²) in [5, 5.41) is 0. The number of anilines is 6. The minimum Gasteiger partial charge on any atom is -0.310 e. The first-order valence-electron chi connectivity index (χ1n) is 18.5. The zero-order valence-electron chi connectivity index (χ0n) is 29.8. The minimum absolute atomic E-state index is 0.582. The van der Waals surface area contributed by atoms with Crippen LogP contribution < -0.4 is 9.80 Å². The predicted molar refractivity (Wildman–Crippen MR) is 222 cm³/mol. The first-order valence-corrected chi connectivity index (χ1v) is 18.5. The molecule has 0 unspecified atom stereocenters. The lowest BCUT2D eigenvalue weighted by Crippen LogP contribution is -2.29. The number of aryl methyl sites for hydroxylation is 1. The van der Waals surface area contributed by atoms with Gasteiger partial charge in [-0.15, -0.1) is 0 Å². The van der Waals surface area contributed by atoms with Gasteiger partial charge in [-0.3, -0.25) is 0 Å². The average molecular weight is 681 g/mol. The summed E-state index contributed by atoms with van der Waals surface area (Å²) in [6, 6.07) is 77.4. The van der Waals surface area contributed by atoms with Crippen LogP contribution in [0.4, 0.5) is 34.1 Å². The van der Waals surface area contributed by atoms with Crippen LogP contribution >= 0.6 is 0 Å². The zero-order chi connectivity index (χ0) is 35.6. The number of rotatable bonds is 9. The highest BCUT2D eigenvalue weighted by atomic mass is 15.1. The Morgan fingerprint density at radius 1 is 0.340 bits per heavy atom. The van der Waals surface area contributed by atoms with Crippen molar-refractivity contribution >= 4 is 34.1 Å². The average Bonchev–Trinajstić information content (AvgIpc) is 3.53. The standard InChI is InChI=1S/C51H40N2/c1-2-38-19-18-22-40(35-38)51(39-20-8-3-9-21-39)49-36-45(52(41-23-10-4-11-24-41)42-25-12-5-13-26-42)31-33-47(49)48-34-32-46(37-50(48)51)53(43-27-14-6-15-28-43)44-29-16-7-17-30-44/h3-37H,2H2,1H3. The summed E-state index contributed by atoms with van der Waals surface area (Å²) >= 11 is 0. The smallest absolute Gasteiger partial charge is 0.0715 e. The number of hydrogen-bond donors (Lipinski definition) is 0. The molecule has 1 aliphatic rings. The molecule has 254 valence electrons. The Morgan fingerprint density at radius 3 is 1.11 bits per heavy atom. The van der Waals surface area contributed by atoms with Gasteiger partial charge in [0.25, 0.3) is 0 Å². The van der Waals surface area contributed by atoms with E-state index in [-0.39, 0.29) is 0 Å². The van der Waals surface area contributed by atoms with Crippen LogP contribution in [0.15, 0.2) is 212 Å². The van der Waals surface area contributed by atoms with E-state index in [1.165, 1.54) is 38.9 Å². The molecule has 2 heteroatoms. The van der Waals surface area contributed by atoms with Gasteiger partial charge in [-0.05, 0) is 118 Å². The second-order valence-corrected chi connectivity index (χ2v) is 13.6. The largest absolute Gasteiger partial charge is 0.310 e. The topological polar surface area (TPSA) is 6.48 Å². The van der Waals surface area contributed by atoms with Crippen LogP contribution in [-0.2, 0) is 11.8 Å². The molecule has 0 heterocycles. The molecule has 0 radical (unpaired) electrons. The fourth-order valence-corrected chi connectivity index (χ4v) is 8.28. The predicted octanol–water partition coefficient (Wildman–Crippen LogP) is 13.6. The maximum absolute atomic E-state index is 2.45. The third kappa shape index (κ3) is 5.60. The Bertz CT molecular complexity index is 2270. The number of nitrogens with zero attached hydrogens (tertiary/aromatic N) is 2. The fourth-order valence-electron chi connectivity index (χ4n) is 8.28. The first kappa shape index (κ1) is 32.3. The Labute approximate surface area is 312 Å². The number of fused-ring (bicyclic) bond motifs is 3. The van der Waals surface area contributed by atoms with E-state index in [0.717, 1.165) is 40.5 Å². The fraction of sp³-hybridized carbons (Fsp3) is 0.0588. The lowest BCUT2D eigenvalue weighted by atomic mass is 9.67. The van der Waals surface area contributed by atoms with Crippen molar-refractivity contribution in [1.29, 1.82) is 0 Å². The van der Waals surface area contributed by atoms with Crippen molar-refractivity contribution < 1.29 is 0 Å². The summed E-state index contributed by atoms with van der Waals surface area (Å²) in [5.74, 6) is 0. The molecule has 8 aromatic rings. The summed E-state index contributed by atoms with van der Waals surface area (Å²) < 4.78 is 0. The lowest BCUT2D eigenvalue weighted by molar-refractivity contribution is 0.766. The van der Waals surface area contributed by atoms with Crippen LogP contribution in [0.3, 0.4) is 0 Å². The molecule has 2 nitrogen and oxygen atoms in total. The van der Waals surface area contributed by atoms with Gasteiger partial charge in [0, 0.05) is 34.1 Å². The molecule has 0 bridgehead atoms. The van der Waals surface area contributed by atoms with Crippen LogP contribution in [-0.4, -0.2) is 0 Å². The Hall–Kier alpha value is -6.64. The molecule has 0 aromatic heterocycles. The molecule has 0 fully saturated rings. The second-order valence-electron chi connectivity index (χ2n) is 13.6. The quantitative estimate of drug-likeness (QED) is 0.150. The molecular weight excluding hydrogens is 641 g/mol. The van der Waals surface area contributed by atoms with Gasteiger partial charge in [0.2, 0.25) is 0 Å². The van der Waals surface area contributed by atoms with Crippen LogP contribution in [0.1, 0.15) is 34.7 Å². The molecule has 0 N–H and O–H groups in total. The van der Waals surface area contributed by atoms with E-state index in [1.54, 1.807) is 0 Å². The third-order valence-corrected chi connectivity index (χ3v) is 10.7. The van der Waals surface area contributed by atoms with Crippen molar-refractivity contribution in [1.82, 2.24) is 0 Å². The van der Waals surface area contributed by atoms with E-state index in [4.69, 9.17) is 0 Å². The van der Waals surface area contributed by atoms with Gasteiger partial charge in [-0.1, -0.05) is 146 Å². The summed E-state index contributed by atoms with van der Waals surface area (Å²) in [6.07, 6.45) is 0.962. The van der Waals surface area contributed by atoms with E-state index in [2.05, 4.69) is 229 Å². The van der Waals surface area contributed by atoms with Crippen molar-refractivity contribution in [2.75, 3.05) is 9.80 Å². The molecule has 0 atom stereocenters. The van der Waals surface area contributed by atoms with Crippen molar-refractivity contribution in [3.05, 3.63) is 240 Å². The van der Waals surface area contributed by atoms with E-state index in [9.17, 15) is 0 Å². The zero-order valence-corrected chi connectivity index (χ0v) is 29.8. The third-order valence-electron chi connectivity index (χ3n) is 10.7. The van der Waals surface area contributed by atoms with Gasteiger partial charge < -0.3 is 9.80 Å². The molecule has 0 saturated heterocycles. The molecule has 0 aliphatic heterocycles. The summed E-state index contributed by atoms with van der Waals surface area (Å²) in [7, 11) is 0.